The quantitative estimate of drug-likeness (QED) is 0.438. The molecule has 0 bridgehead atoms. The maximum absolute atomic E-state index is 12.8. The molecule has 0 heterocycles. The van der Waals surface area contributed by atoms with Crippen molar-refractivity contribution in [2.75, 3.05) is 19.0 Å². The lowest BCUT2D eigenvalue weighted by Crippen LogP contribution is -2.40. The highest BCUT2D eigenvalue weighted by Gasteiger charge is 2.29. The van der Waals surface area contributed by atoms with Crippen LogP contribution in [0.1, 0.15) is 40.7 Å². The van der Waals surface area contributed by atoms with Crippen LogP contribution in [0.3, 0.4) is 0 Å². The van der Waals surface area contributed by atoms with Gasteiger partial charge >= 0.3 is 12.1 Å². The lowest BCUT2D eigenvalue weighted by atomic mass is 9.98. The molecule has 1 aliphatic rings. The van der Waals surface area contributed by atoms with Gasteiger partial charge in [-0.3, -0.25) is 10.1 Å². The predicted octanol–water partition coefficient (Wildman–Crippen LogP) is 4.65. The lowest BCUT2D eigenvalue weighted by Gasteiger charge is -2.17. The molecule has 3 N–H and O–H groups in total. The number of hydrogen-bond donors (Lipinski definition) is 3. The average Bonchev–Trinajstić information content (AvgIpc) is 3.19. The normalized spacial score (nSPS) is 12.7. The number of aliphatic carboxylic acids is 1. The van der Waals surface area contributed by atoms with Gasteiger partial charge in [0.05, 0.1) is 18.4 Å². The van der Waals surface area contributed by atoms with Crippen LogP contribution in [0.4, 0.5) is 10.5 Å². The van der Waals surface area contributed by atoms with E-state index in [0.717, 1.165) is 22.3 Å². The molecule has 4 rings (SSSR count). The van der Waals surface area contributed by atoms with Crippen LogP contribution in [0.15, 0.2) is 66.7 Å². The Kier molecular flexibility index (Phi) is 7.01. The number of nitrogens with one attached hydrogen (secondary N) is 2. The van der Waals surface area contributed by atoms with Gasteiger partial charge in [-0.15, -0.1) is 0 Å². The molecule has 2 amide bonds. The molecule has 0 saturated heterocycles. The topological polar surface area (TPSA) is 114 Å². The Morgan fingerprint density at radius 2 is 1.60 bits per heavy atom. The Morgan fingerprint density at radius 3 is 2.17 bits per heavy atom. The number of benzene rings is 3. The van der Waals surface area contributed by atoms with Crippen molar-refractivity contribution in [1.82, 2.24) is 5.32 Å². The van der Waals surface area contributed by atoms with Crippen LogP contribution in [0.2, 0.25) is 0 Å². The van der Waals surface area contributed by atoms with E-state index in [1.54, 1.807) is 13.0 Å². The first-order valence-corrected chi connectivity index (χ1v) is 11.3. The maximum atomic E-state index is 12.8. The number of hydrogen-bond acceptors (Lipinski definition) is 5. The second-order valence-electron chi connectivity index (χ2n) is 8.13. The van der Waals surface area contributed by atoms with Crippen LogP contribution in [0.25, 0.3) is 11.1 Å². The monoisotopic (exact) mass is 474 g/mol. The Labute approximate surface area is 202 Å². The number of carboxylic acid groups (broad SMARTS) is 1. The fourth-order valence-electron chi connectivity index (χ4n) is 4.27. The third-order valence-electron chi connectivity index (χ3n) is 6.06. The van der Waals surface area contributed by atoms with Crippen LogP contribution in [0, 0.1) is 0 Å². The average molecular weight is 475 g/mol. The molecule has 8 heteroatoms. The van der Waals surface area contributed by atoms with E-state index in [1.165, 1.54) is 19.2 Å². The van der Waals surface area contributed by atoms with Gasteiger partial charge in [0.1, 0.15) is 18.4 Å². The number of carbonyl (C=O) groups excluding carboxylic acids is 2. The van der Waals surface area contributed by atoms with Crippen molar-refractivity contribution in [2.24, 2.45) is 0 Å². The standard InChI is InChI=1S/C27H26N2O6/c1-3-23(26(31)32)28-25(30)21-14-16(34-2)12-13-24(21)29-27(33)35-15-22-19-10-6-4-8-17(19)18-9-5-7-11-20(18)22/h4-14,22-23H,3,15H2,1-2H3,(H,28,30)(H,29,33)(H,31,32)/t23-/m0/s1. The number of rotatable bonds is 8. The van der Waals surface area contributed by atoms with Gasteiger partial charge in [0.2, 0.25) is 0 Å². The van der Waals surface area contributed by atoms with Crippen LogP contribution in [0.5, 0.6) is 5.75 Å². The minimum Gasteiger partial charge on any atom is -0.497 e. The Morgan fingerprint density at radius 1 is 0.971 bits per heavy atom. The second kappa shape index (κ2) is 10.3. The van der Waals surface area contributed by atoms with Gasteiger partial charge in [0.15, 0.2) is 0 Å². The summed E-state index contributed by atoms with van der Waals surface area (Å²) in [5.74, 6) is -1.51. The SMILES string of the molecule is CC[C@H](NC(=O)c1cc(OC)ccc1NC(=O)OCC1c2ccccc2-c2ccccc21)C(=O)O. The van der Waals surface area contributed by atoms with Crippen LogP contribution >= 0.6 is 0 Å². The molecular formula is C27H26N2O6. The van der Waals surface area contributed by atoms with E-state index in [1.807, 2.05) is 36.4 Å². The fraction of sp³-hybridized carbons (Fsp3) is 0.222. The Hall–Kier alpha value is -4.33. The summed E-state index contributed by atoms with van der Waals surface area (Å²) < 4.78 is 10.8. The number of fused-ring (bicyclic) bond motifs is 3. The number of anilines is 1. The van der Waals surface area contributed by atoms with E-state index in [9.17, 15) is 19.5 Å². The summed E-state index contributed by atoms with van der Waals surface area (Å²) >= 11 is 0. The van der Waals surface area contributed by atoms with Gasteiger partial charge in [0.25, 0.3) is 5.91 Å². The third kappa shape index (κ3) is 4.96. The molecule has 0 saturated carbocycles. The zero-order chi connectivity index (χ0) is 24.9. The molecular weight excluding hydrogens is 448 g/mol. The van der Waals surface area contributed by atoms with Crippen LogP contribution in [-0.4, -0.2) is 42.8 Å². The molecule has 3 aromatic rings. The lowest BCUT2D eigenvalue weighted by molar-refractivity contribution is -0.139. The molecule has 3 aromatic carbocycles. The number of ether oxygens (including phenoxy) is 2. The summed E-state index contributed by atoms with van der Waals surface area (Å²) in [5, 5.41) is 14.3. The first kappa shape index (κ1) is 23.8. The van der Waals surface area contributed by atoms with Crippen LogP contribution in [-0.2, 0) is 9.53 Å². The van der Waals surface area contributed by atoms with Crippen molar-refractivity contribution in [3.8, 4) is 16.9 Å². The highest BCUT2D eigenvalue weighted by atomic mass is 16.5. The second-order valence-corrected chi connectivity index (χ2v) is 8.13. The van der Waals surface area contributed by atoms with E-state index in [-0.39, 0.29) is 30.2 Å². The molecule has 0 spiro atoms. The van der Waals surface area contributed by atoms with E-state index in [2.05, 4.69) is 22.8 Å². The minimum atomic E-state index is -1.14. The molecule has 0 aliphatic heterocycles. The molecule has 8 nitrogen and oxygen atoms in total. The molecule has 0 aromatic heterocycles. The molecule has 1 aliphatic carbocycles. The molecule has 0 radical (unpaired) electrons. The number of carboxylic acids is 1. The minimum absolute atomic E-state index is 0.0672. The van der Waals surface area contributed by atoms with Gasteiger partial charge in [-0.25, -0.2) is 9.59 Å². The maximum Gasteiger partial charge on any atom is 0.411 e. The largest absolute Gasteiger partial charge is 0.497 e. The summed E-state index contributed by atoms with van der Waals surface area (Å²) in [6, 6.07) is 19.5. The van der Waals surface area contributed by atoms with E-state index >= 15 is 0 Å². The zero-order valence-electron chi connectivity index (χ0n) is 19.4. The van der Waals surface area contributed by atoms with Gasteiger partial charge < -0.3 is 19.9 Å². The van der Waals surface area contributed by atoms with Crippen molar-refractivity contribution in [2.45, 2.75) is 25.3 Å². The Bertz CT molecular complexity index is 1230. The summed E-state index contributed by atoms with van der Waals surface area (Å²) in [6.45, 7) is 1.77. The molecule has 180 valence electrons. The third-order valence-corrected chi connectivity index (χ3v) is 6.06. The van der Waals surface area contributed by atoms with E-state index in [4.69, 9.17) is 9.47 Å². The van der Waals surface area contributed by atoms with Gasteiger partial charge in [-0.05, 0) is 46.9 Å². The van der Waals surface area contributed by atoms with Crippen molar-refractivity contribution in [3.05, 3.63) is 83.4 Å². The molecule has 0 fully saturated rings. The number of amides is 2. The summed E-state index contributed by atoms with van der Waals surface area (Å²) in [6.07, 6.45) is -0.517. The highest BCUT2D eigenvalue weighted by Crippen LogP contribution is 2.44. The molecule has 1 atom stereocenters. The molecule has 0 unspecified atom stereocenters. The van der Waals surface area contributed by atoms with Crippen molar-refractivity contribution >= 4 is 23.7 Å². The van der Waals surface area contributed by atoms with Crippen molar-refractivity contribution in [1.29, 1.82) is 0 Å². The molecule has 35 heavy (non-hydrogen) atoms. The highest BCUT2D eigenvalue weighted by molar-refractivity contribution is 6.04. The summed E-state index contributed by atoms with van der Waals surface area (Å²) in [5.41, 5.74) is 4.67. The zero-order valence-corrected chi connectivity index (χ0v) is 19.4. The summed E-state index contributed by atoms with van der Waals surface area (Å²) in [4.78, 5) is 36.9. The van der Waals surface area contributed by atoms with Crippen molar-refractivity contribution in [3.63, 3.8) is 0 Å². The number of carbonyl (C=O) groups is 3. The van der Waals surface area contributed by atoms with Crippen LogP contribution < -0.4 is 15.4 Å². The number of methoxy groups -OCH3 is 1. The first-order chi connectivity index (χ1) is 16.9. The first-order valence-electron chi connectivity index (χ1n) is 11.3. The van der Waals surface area contributed by atoms with Crippen molar-refractivity contribution < 1.29 is 29.0 Å². The van der Waals surface area contributed by atoms with Gasteiger partial charge in [-0.1, -0.05) is 55.5 Å². The predicted molar refractivity (Wildman–Crippen MR) is 131 cm³/mol. The van der Waals surface area contributed by atoms with E-state index < -0.39 is 24.0 Å². The smallest absolute Gasteiger partial charge is 0.411 e. The summed E-state index contributed by atoms with van der Waals surface area (Å²) in [7, 11) is 1.45. The van der Waals surface area contributed by atoms with Gasteiger partial charge in [0, 0.05) is 5.92 Å². The van der Waals surface area contributed by atoms with Gasteiger partial charge in [-0.2, -0.15) is 0 Å². The Balaban J connectivity index is 1.50. The fourth-order valence-corrected chi connectivity index (χ4v) is 4.27. The van der Waals surface area contributed by atoms with E-state index in [0.29, 0.717) is 5.75 Å².